The SMILES string of the molecule is COc1ncc2c(N3C[C@H](C)N[C@@H](C)C3)ccc(C(=O)Nc3cc(Oc4cccc(Cl)c4)c4nc(C)cn4c3)c2n1. The molecule has 0 radical (unpaired) electrons. The van der Waals surface area contributed by atoms with E-state index >= 15 is 0 Å². The van der Waals surface area contributed by atoms with Gasteiger partial charge >= 0.3 is 6.01 Å². The van der Waals surface area contributed by atoms with Crippen LogP contribution in [0.15, 0.2) is 61.1 Å². The fourth-order valence-corrected chi connectivity index (χ4v) is 5.54. The fraction of sp³-hybridized carbons (Fsp3) is 0.267. The molecule has 0 saturated carbocycles. The number of piperazine rings is 1. The first-order valence-corrected chi connectivity index (χ1v) is 13.7. The number of nitrogens with zero attached hydrogens (tertiary/aromatic N) is 5. The topological polar surface area (TPSA) is 106 Å². The quantitative estimate of drug-likeness (QED) is 0.276. The van der Waals surface area contributed by atoms with E-state index in [2.05, 4.69) is 44.3 Å². The number of carbonyl (C=O) groups is 1. The molecule has 210 valence electrons. The number of fused-ring (bicyclic) bond motifs is 2. The maximum absolute atomic E-state index is 13.8. The number of rotatable bonds is 6. The Morgan fingerprint density at radius 3 is 2.66 bits per heavy atom. The summed E-state index contributed by atoms with van der Waals surface area (Å²) in [5.41, 5.74) is 3.85. The average Bonchev–Trinajstić information content (AvgIpc) is 3.32. The van der Waals surface area contributed by atoms with Crippen molar-refractivity contribution in [3.8, 4) is 17.5 Å². The number of hydrogen-bond donors (Lipinski definition) is 2. The lowest BCUT2D eigenvalue weighted by atomic mass is 10.0. The van der Waals surface area contributed by atoms with Crippen LogP contribution in [0.4, 0.5) is 11.4 Å². The number of pyridine rings is 1. The van der Waals surface area contributed by atoms with Gasteiger partial charge in [-0.15, -0.1) is 0 Å². The van der Waals surface area contributed by atoms with Crippen LogP contribution < -0.4 is 25.0 Å². The predicted molar refractivity (Wildman–Crippen MR) is 160 cm³/mol. The standard InChI is InChI=1S/C30H30ClN7O3/c1-17-13-37(14-18(2)33-17)25-9-8-23(27-24(25)12-32-30(36-27)40-4)29(39)35-21-11-26(28-34-19(3)15-38(28)16-21)41-22-7-5-6-20(31)10-22/h5-12,15-18,33H,13-14H2,1-4H3,(H,35,39)/t17-,18-/m0/s1. The number of nitrogens with one attached hydrogen (secondary N) is 2. The lowest BCUT2D eigenvalue weighted by molar-refractivity contribution is 0.102. The molecular formula is C30H30ClN7O3. The highest BCUT2D eigenvalue weighted by Gasteiger charge is 2.25. The van der Waals surface area contributed by atoms with Gasteiger partial charge in [0.05, 0.1) is 29.6 Å². The third-order valence-electron chi connectivity index (χ3n) is 6.95. The fourth-order valence-electron chi connectivity index (χ4n) is 5.36. The van der Waals surface area contributed by atoms with Crippen molar-refractivity contribution < 1.29 is 14.3 Å². The summed E-state index contributed by atoms with van der Waals surface area (Å²) < 4.78 is 13.3. The molecule has 1 aliphatic heterocycles. The van der Waals surface area contributed by atoms with Gasteiger partial charge in [0.1, 0.15) is 5.75 Å². The van der Waals surface area contributed by atoms with Gasteiger partial charge < -0.3 is 29.4 Å². The van der Waals surface area contributed by atoms with Gasteiger partial charge in [0.25, 0.3) is 5.91 Å². The van der Waals surface area contributed by atoms with Gasteiger partial charge in [-0.2, -0.15) is 4.98 Å². The number of halogens is 1. The molecule has 1 fully saturated rings. The van der Waals surface area contributed by atoms with Crippen LogP contribution >= 0.6 is 11.6 Å². The zero-order chi connectivity index (χ0) is 28.7. The number of benzene rings is 2. The summed E-state index contributed by atoms with van der Waals surface area (Å²) >= 11 is 6.16. The van der Waals surface area contributed by atoms with Gasteiger partial charge in [0.2, 0.25) is 0 Å². The van der Waals surface area contributed by atoms with Crippen LogP contribution in [0.2, 0.25) is 5.02 Å². The molecule has 11 heteroatoms. The summed E-state index contributed by atoms with van der Waals surface area (Å²) in [6.07, 6.45) is 5.39. The second-order valence-electron chi connectivity index (χ2n) is 10.3. The lowest BCUT2D eigenvalue weighted by Crippen LogP contribution is -2.54. The highest BCUT2D eigenvalue weighted by Crippen LogP contribution is 2.33. The zero-order valence-corrected chi connectivity index (χ0v) is 23.9. The van der Waals surface area contributed by atoms with E-state index in [9.17, 15) is 4.79 Å². The van der Waals surface area contributed by atoms with E-state index < -0.39 is 0 Å². The molecule has 0 unspecified atom stereocenters. The van der Waals surface area contributed by atoms with Crippen molar-refractivity contribution in [3.05, 3.63) is 77.3 Å². The van der Waals surface area contributed by atoms with E-state index in [0.29, 0.717) is 51.0 Å². The van der Waals surface area contributed by atoms with Gasteiger partial charge in [0.15, 0.2) is 11.4 Å². The minimum absolute atomic E-state index is 0.193. The number of amides is 1. The van der Waals surface area contributed by atoms with Crippen molar-refractivity contribution in [1.29, 1.82) is 0 Å². The number of carbonyl (C=O) groups excluding carboxylic acids is 1. The van der Waals surface area contributed by atoms with E-state index in [1.165, 1.54) is 7.11 Å². The highest BCUT2D eigenvalue weighted by atomic mass is 35.5. The maximum Gasteiger partial charge on any atom is 0.316 e. The first kappa shape index (κ1) is 26.8. The van der Waals surface area contributed by atoms with Crippen LogP contribution in [0.5, 0.6) is 17.5 Å². The van der Waals surface area contributed by atoms with Crippen molar-refractivity contribution >= 4 is 45.4 Å². The Bertz CT molecular complexity index is 1760. The Balaban J connectivity index is 1.37. The van der Waals surface area contributed by atoms with Gasteiger partial charge in [0, 0.05) is 65.9 Å². The zero-order valence-electron chi connectivity index (χ0n) is 23.2. The third kappa shape index (κ3) is 5.48. The number of anilines is 2. The number of imidazole rings is 1. The summed E-state index contributed by atoms with van der Waals surface area (Å²) in [5, 5.41) is 7.92. The largest absolute Gasteiger partial charge is 0.467 e. The summed E-state index contributed by atoms with van der Waals surface area (Å²) in [5.74, 6) is 0.712. The van der Waals surface area contributed by atoms with Gasteiger partial charge in [-0.1, -0.05) is 17.7 Å². The molecule has 2 N–H and O–H groups in total. The number of aromatic nitrogens is 4. The van der Waals surface area contributed by atoms with Crippen LogP contribution in [0, 0.1) is 6.92 Å². The molecular weight excluding hydrogens is 542 g/mol. The van der Waals surface area contributed by atoms with E-state index in [1.807, 2.05) is 35.7 Å². The smallest absolute Gasteiger partial charge is 0.316 e. The molecule has 6 rings (SSSR count). The van der Waals surface area contributed by atoms with E-state index in [1.54, 1.807) is 36.7 Å². The first-order valence-electron chi connectivity index (χ1n) is 13.4. The van der Waals surface area contributed by atoms with Crippen LogP contribution in [0.3, 0.4) is 0 Å². The van der Waals surface area contributed by atoms with E-state index in [-0.39, 0.29) is 11.9 Å². The molecule has 5 aromatic rings. The van der Waals surface area contributed by atoms with E-state index in [4.69, 9.17) is 21.1 Å². The normalized spacial score (nSPS) is 17.1. The molecule has 1 amide bonds. The second-order valence-corrected chi connectivity index (χ2v) is 10.8. The van der Waals surface area contributed by atoms with Crippen LogP contribution in [0.25, 0.3) is 16.6 Å². The van der Waals surface area contributed by atoms with Crippen LogP contribution in [-0.4, -0.2) is 57.5 Å². The van der Waals surface area contributed by atoms with Crippen molar-refractivity contribution in [2.24, 2.45) is 0 Å². The number of methoxy groups -OCH3 is 1. The maximum atomic E-state index is 13.8. The average molecular weight is 572 g/mol. The molecule has 4 heterocycles. The minimum atomic E-state index is -0.325. The van der Waals surface area contributed by atoms with Gasteiger partial charge in [-0.05, 0) is 51.1 Å². The second kappa shape index (κ2) is 10.9. The summed E-state index contributed by atoms with van der Waals surface area (Å²) in [6.45, 7) is 7.88. The molecule has 2 aromatic carbocycles. The van der Waals surface area contributed by atoms with Crippen molar-refractivity contribution in [1.82, 2.24) is 24.7 Å². The third-order valence-corrected chi connectivity index (χ3v) is 7.19. The Morgan fingerprint density at radius 2 is 1.90 bits per heavy atom. The van der Waals surface area contributed by atoms with Crippen LogP contribution in [0.1, 0.15) is 29.9 Å². The Hall–Kier alpha value is -4.41. The van der Waals surface area contributed by atoms with Gasteiger partial charge in [-0.3, -0.25) is 4.79 Å². The number of hydrogen-bond acceptors (Lipinski definition) is 8. The minimum Gasteiger partial charge on any atom is -0.467 e. The van der Waals surface area contributed by atoms with Crippen molar-refractivity contribution in [2.75, 3.05) is 30.4 Å². The predicted octanol–water partition coefficient (Wildman–Crippen LogP) is 5.48. The summed E-state index contributed by atoms with van der Waals surface area (Å²) in [4.78, 5) is 29.6. The molecule has 3 aromatic heterocycles. The lowest BCUT2D eigenvalue weighted by Gasteiger charge is -2.38. The first-order chi connectivity index (χ1) is 19.8. The Labute approximate surface area is 242 Å². The van der Waals surface area contributed by atoms with Crippen molar-refractivity contribution in [3.63, 3.8) is 0 Å². The monoisotopic (exact) mass is 571 g/mol. The highest BCUT2D eigenvalue weighted by molar-refractivity contribution is 6.30. The molecule has 2 atom stereocenters. The van der Waals surface area contributed by atoms with E-state index in [0.717, 1.165) is 29.9 Å². The molecule has 1 saturated heterocycles. The molecule has 10 nitrogen and oxygen atoms in total. The summed E-state index contributed by atoms with van der Waals surface area (Å²) in [6, 6.07) is 13.5. The molecule has 0 bridgehead atoms. The molecule has 41 heavy (non-hydrogen) atoms. The summed E-state index contributed by atoms with van der Waals surface area (Å²) in [7, 11) is 1.51. The Morgan fingerprint density at radius 1 is 1.10 bits per heavy atom. The molecule has 0 spiro atoms. The molecule has 0 aliphatic carbocycles. The van der Waals surface area contributed by atoms with Gasteiger partial charge in [-0.25, -0.2) is 9.97 Å². The molecule has 1 aliphatic rings. The van der Waals surface area contributed by atoms with Crippen LogP contribution in [-0.2, 0) is 0 Å². The number of ether oxygens (including phenoxy) is 2. The Kier molecular flexibility index (Phi) is 7.10. The van der Waals surface area contributed by atoms with Crippen molar-refractivity contribution in [2.45, 2.75) is 32.9 Å². The number of aryl methyl sites for hydroxylation is 1.